The van der Waals surface area contributed by atoms with Crippen LogP contribution in [0.25, 0.3) is 5.70 Å². The molecule has 4 unspecified atom stereocenters. The molecule has 2 aromatic carbocycles. The molecule has 0 saturated carbocycles. The number of hydrogen-bond acceptors (Lipinski definition) is 6. The van der Waals surface area contributed by atoms with Crippen LogP contribution in [0.1, 0.15) is 26.3 Å². The molecular weight excluding hydrogens is 521 g/mol. The van der Waals surface area contributed by atoms with Gasteiger partial charge in [0.2, 0.25) is 0 Å². The Morgan fingerprint density at radius 3 is 2.37 bits per heavy atom. The van der Waals surface area contributed by atoms with Crippen LogP contribution in [0.4, 0.5) is 18.9 Å². The van der Waals surface area contributed by atoms with Crippen LogP contribution in [-0.2, 0) is 10.0 Å². The number of fused-ring (bicyclic) bond motifs is 1. The lowest BCUT2D eigenvalue weighted by atomic mass is 9.96. The van der Waals surface area contributed by atoms with Crippen LogP contribution >= 0.6 is 23.4 Å². The van der Waals surface area contributed by atoms with Gasteiger partial charge in [0.05, 0.1) is 33.4 Å². The molecule has 35 heavy (non-hydrogen) atoms. The molecule has 0 aliphatic carbocycles. The smallest absolute Gasteiger partial charge is 0.267 e. The highest BCUT2D eigenvalue weighted by atomic mass is 35.5. The third-order valence-electron chi connectivity index (χ3n) is 5.94. The number of benzene rings is 2. The number of alkyl halides is 1. The van der Waals surface area contributed by atoms with E-state index in [0.29, 0.717) is 5.70 Å². The first-order chi connectivity index (χ1) is 16.4. The highest BCUT2D eigenvalue weighted by Crippen LogP contribution is 2.48. The van der Waals surface area contributed by atoms with Crippen LogP contribution in [0, 0.1) is 22.9 Å². The van der Waals surface area contributed by atoms with E-state index in [4.69, 9.17) is 11.6 Å². The van der Waals surface area contributed by atoms with Gasteiger partial charge in [0.15, 0.2) is 16.3 Å². The first-order valence-electron chi connectivity index (χ1n) is 10.8. The van der Waals surface area contributed by atoms with E-state index in [1.165, 1.54) is 30.0 Å². The molecule has 0 spiro atoms. The summed E-state index contributed by atoms with van der Waals surface area (Å²) in [5.41, 5.74) is 0.251. The van der Waals surface area contributed by atoms with E-state index < -0.39 is 43.7 Å². The molecule has 0 amide bonds. The number of sulfonamides is 1. The first kappa shape index (κ1) is 24.5. The molecule has 3 aliphatic heterocycles. The summed E-state index contributed by atoms with van der Waals surface area (Å²) in [5, 5.41) is 3.26. The van der Waals surface area contributed by atoms with Gasteiger partial charge in [-0.25, -0.2) is 21.6 Å². The van der Waals surface area contributed by atoms with Crippen molar-refractivity contribution in [2.75, 3.05) is 11.3 Å². The van der Waals surface area contributed by atoms with Crippen LogP contribution in [0.3, 0.4) is 0 Å². The summed E-state index contributed by atoms with van der Waals surface area (Å²) in [5.74, 6) is -3.42. The molecule has 6 nitrogen and oxygen atoms in total. The molecule has 3 heterocycles. The van der Waals surface area contributed by atoms with Crippen molar-refractivity contribution in [1.29, 1.82) is 0 Å². The maximum atomic E-state index is 15.8. The SMILES string of the molecule is CC(C)(C)C1NC(c2cccc(NS(=O)(=O)c3c(F)cccc3F)c2F)=C(C2=NC(Cl)N3CC23)S1. The van der Waals surface area contributed by atoms with E-state index in [9.17, 15) is 17.2 Å². The van der Waals surface area contributed by atoms with Gasteiger partial charge in [0, 0.05) is 12.1 Å². The molecule has 12 heteroatoms. The van der Waals surface area contributed by atoms with Crippen molar-refractivity contribution in [3.8, 4) is 0 Å². The predicted octanol–water partition coefficient (Wildman–Crippen LogP) is 4.94. The minimum absolute atomic E-state index is 0.0595. The van der Waals surface area contributed by atoms with Gasteiger partial charge in [-0.3, -0.25) is 14.6 Å². The lowest BCUT2D eigenvalue weighted by molar-refractivity contribution is 0.379. The Hall–Kier alpha value is -2.21. The van der Waals surface area contributed by atoms with Crippen molar-refractivity contribution >= 4 is 50.5 Å². The topological polar surface area (TPSA) is 73.6 Å². The molecule has 0 bridgehead atoms. The largest absolute Gasteiger partial charge is 0.371 e. The van der Waals surface area contributed by atoms with E-state index >= 15 is 4.39 Å². The fourth-order valence-corrected chi connectivity index (χ4v) is 6.92. The monoisotopic (exact) mass is 542 g/mol. The van der Waals surface area contributed by atoms with Gasteiger partial charge in [-0.2, -0.15) is 0 Å². The highest BCUT2D eigenvalue weighted by molar-refractivity contribution is 8.05. The molecule has 1 fully saturated rings. The number of hydrogen-bond donors (Lipinski definition) is 2. The lowest BCUT2D eigenvalue weighted by Crippen LogP contribution is -2.33. The average Bonchev–Trinajstić information content (AvgIpc) is 3.31. The van der Waals surface area contributed by atoms with E-state index in [2.05, 4.69) is 10.3 Å². The van der Waals surface area contributed by atoms with Gasteiger partial charge in [0.1, 0.15) is 11.6 Å². The maximum absolute atomic E-state index is 15.8. The molecule has 5 rings (SSSR count). The third kappa shape index (κ3) is 4.32. The zero-order valence-electron chi connectivity index (χ0n) is 18.9. The molecule has 0 aromatic heterocycles. The summed E-state index contributed by atoms with van der Waals surface area (Å²) in [4.78, 5) is 6.11. The van der Waals surface area contributed by atoms with E-state index in [0.717, 1.165) is 35.4 Å². The van der Waals surface area contributed by atoms with E-state index in [1.54, 1.807) is 0 Å². The minimum Gasteiger partial charge on any atom is -0.371 e. The van der Waals surface area contributed by atoms with Crippen molar-refractivity contribution in [2.45, 2.75) is 42.7 Å². The number of aliphatic imine (C=N–C) groups is 1. The van der Waals surface area contributed by atoms with E-state index in [1.807, 2.05) is 30.4 Å². The van der Waals surface area contributed by atoms with Crippen molar-refractivity contribution in [2.24, 2.45) is 10.4 Å². The van der Waals surface area contributed by atoms with Gasteiger partial charge in [0.25, 0.3) is 10.0 Å². The summed E-state index contributed by atoms with van der Waals surface area (Å²) in [6, 6.07) is 6.94. The normalized spacial score (nSPS) is 25.9. The fraction of sp³-hybridized carbons (Fsp3) is 0.348. The second-order valence-electron chi connectivity index (χ2n) is 9.57. The fourth-order valence-electron chi connectivity index (χ4n) is 4.04. The molecule has 1 saturated heterocycles. The van der Waals surface area contributed by atoms with Crippen LogP contribution < -0.4 is 10.0 Å². The highest BCUT2D eigenvalue weighted by Gasteiger charge is 2.51. The molecule has 2 aromatic rings. The summed E-state index contributed by atoms with van der Waals surface area (Å²) < 4.78 is 71.5. The summed E-state index contributed by atoms with van der Waals surface area (Å²) in [6.07, 6.45) is 0. The van der Waals surface area contributed by atoms with E-state index in [-0.39, 0.29) is 22.4 Å². The Morgan fingerprint density at radius 2 is 1.80 bits per heavy atom. The number of thioether (sulfide) groups is 1. The number of nitrogens with zero attached hydrogens (tertiary/aromatic N) is 2. The third-order valence-corrected chi connectivity index (χ3v) is 9.42. The Kier molecular flexibility index (Phi) is 5.90. The lowest BCUT2D eigenvalue weighted by Gasteiger charge is -2.27. The van der Waals surface area contributed by atoms with Crippen molar-refractivity contribution < 1.29 is 21.6 Å². The predicted molar refractivity (Wildman–Crippen MR) is 132 cm³/mol. The van der Waals surface area contributed by atoms with Gasteiger partial charge >= 0.3 is 0 Å². The standard InChI is InChI=1S/C23H22ClF3N4O2S2/c1-23(2,3)21-28-17(19(34-21)18-15-10-31(15)22(24)29-18)11-6-4-9-14(16(11)27)30-35(32,33)20-12(25)7-5-8-13(20)26/h4-9,15,21-22,28,30H,10H2,1-3H3. The Bertz CT molecular complexity index is 1370. The van der Waals surface area contributed by atoms with Crippen LogP contribution in [-0.4, -0.2) is 42.6 Å². The Labute approximate surface area is 210 Å². The molecule has 186 valence electrons. The van der Waals surface area contributed by atoms with Gasteiger partial charge in [-0.15, -0.1) is 0 Å². The molecular formula is C23H22ClF3N4O2S2. The maximum Gasteiger partial charge on any atom is 0.267 e. The second-order valence-corrected chi connectivity index (χ2v) is 12.7. The molecule has 3 aliphatic rings. The van der Waals surface area contributed by atoms with Gasteiger partial charge in [-0.05, 0) is 29.7 Å². The van der Waals surface area contributed by atoms with Crippen molar-refractivity contribution in [3.63, 3.8) is 0 Å². The molecule has 0 radical (unpaired) electrons. The summed E-state index contributed by atoms with van der Waals surface area (Å²) >= 11 is 7.81. The zero-order chi connectivity index (χ0) is 25.3. The van der Waals surface area contributed by atoms with Crippen LogP contribution in [0.2, 0.25) is 0 Å². The number of rotatable bonds is 5. The van der Waals surface area contributed by atoms with Crippen LogP contribution in [0.5, 0.6) is 0 Å². The molecule has 2 N–H and O–H groups in total. The Balaban J connectivity index is 1.56. The van der Waals surface area contributed by atoms with Gasteiger partial charge < -0.3 is 5.32 Å². The molecule has 4 atom stereocenters. The second kappa shape index (κ2) is 8.43. The Morgan fingerprint density at radius 1 is 1.14 bits per heavy atom. The summed E-state index contributed by atoms with van der Waals surface area (Å²) in [7, 11) is -4.74. The summed E-state index contributed by atoms with van der Waals surface area (Å²) in [6.45, 7) is 6.91. The quantitative estimate of drug-likeness (QED) is 0.318. The first-order valence-corrected chi connectivity index (χ1v) is 13.6. The van der Waals surface area contributed by atoms with Crippen molar-refractivity contribution in [3.05, 3.63) is 64.3 Å². The average molecular weight is 543 g/mol. The van der Waals surface area contributed by atoms with Crippen LogP contribution in [0.15, 0.2) is 51.2 Å². The number of nitrogens with one attached hydrogen (secondary N) is 2. The number of anilines is 1. The van der Waals surface area contributed by atoms with Crippen molar-refractivity contribution in [1.82, 2.24) is 10.2 Å². The van der Waals surface area contributed by atoms with Gasteiger partial charge in [-0.1, -0.05) is 56.3 Å². The number of halogens is 4. The minimum atomic E-state index is -4.74. The zero-order valence-corrected chi connectivity index (χ0v) is 21.3.